The lowest BCUT2D eigenvalue weighted by atomic mass is 10.1. The first kappa shape index (κ1) is 13.8. The number of benzene rings is 1. The maximum atomic E-state index is 11.4. The number of carbonyl (C=O) groups is 1. The first-order chi connectivity index (χ1) is 10.3. The average Bonchev–Trinajstić information content (AvgIpc) is 2.71. The molecule has 5 nitrogen and oxygen atoms in total. The average molecular weight is 284 g/mol. The number of amides is 1. The number of rotatable bonds is 3. The molecule has 1 aromatic heterocycles. The summed E-state index contributed by atoms with van der Waals surface area (Å²) in [6.07, 6.45) is 0.565. The summed E-state index contributed by atoms with van der Waals surface area (Å²) in [6.45, 7) is 3.20. The predicted molar refractivity (Wildman–Crippen MR) is 84.2 cm³/mol. The van der Waals surface area contributed by atoms with E-state index in [1.165, 1.54) is 5.56 Å². The summed E-state index contributed by atoms with van der Waals surface area (Å²) in [5, 5.41) is 7.24. The van der Waals surface area contributed by atoms with Gasteiger partial charge in [0.15, 0.2) is 0 Å². The quantitative estimate of drug-likeness (QED) is 0.899. The van der Waals surface area contributed by atoms with Gasteiger partial charge in [0.1, 0.15) is 5.82 Å². The van der Waals surface area contributed by atoms with Crippen molar-refractivity contribution in [3.05, 3.63) is 35.9 Å². The normalized spacial score (nSPS) is 16.5. The van der Waals surface area contributed by atoms with Crippen LogP contribution in [0.1, 0.15) is 12.0 Å². The predicted octanol–water partition coefficient (Wildman–Crippen LogP) is 1.60. The van der Waals surface area contributed by atoms with Crippen LogP contribution in [0.25, 0.3) is 10.9 Å². The van der Waals surface area contributed by atoms with Gasteiger partial charge in [-0.15, -0.1) is 0 Å². The minimum Gasteiger partial charge on any atom is -0.373 e. The van der Waals surface area contributed by atoms with Gasteiger partial charge in [0, 0.05) is 50.6 Å². The number of hydrogen-bond acceptors (Lipinski definition) is 4. The lowest BCUT2D eigenvalue weighted by molar-refractivity contribution is -0.120. The molecule has 2 heterocycles. The highest BCUT2D eigenvalue weighted by atomic mass is 16.1. The number of fused-ring (bicyclic) bond motifs is 1. The molecule has 0 aliphatic carbocycles. The highest BCUT2D eigenvalue weighted by molar-refractivity contribution is 5.81. The number of carbonyl (C=O) groups excluding carboxylic acids is 1. The monoisotopic (exact) mass is 284 g/mol. The molecule has 0 unspecified atom stereocenters. The molecule has 1 saturated heterocycles. The van der Waals surface area contributed by atoms with Crippen molar-refractivity contribution >= 4 is 22.6 Å². The molecule has 1 aliphatic heterocycles. The minimum atomic E-state index is 0.142. The molecule has 110 valence electrons. The lowest BCUT2D eigenvalue weighted by Crippen LogP contribution is -2.28. The highest BCUT2D eigenvalue weighted by Crippen LogP contribution is 2.21. The maximum Gasteiger partial charge on any atom is 0.221 e. The molecule has 1 aliphatic rings. The van der Waals surface area contributed by atoms with E-state index in [4.69, 9.17) is 0 Å². The molecule has 0 spiro atoms. The van der Waals surface area contributed by atoms with Crippen molar-refractivity contribution in [3.63, 3.8) is 0 Å². The zero-order valence-electron chi connectivity index (χ0n) is 12.2. The van der Waals surface area contributed by atoms with Gasteiger partial charge in [-0.3, -0.25) is 9.69 Å². The molecule has 1 fully saturated rings. The van der Waals surface area contributed by atoms with E-state index in [1.807, 2.05) is 25.2 Å². The SMILES string of the molecule is CNc1nc2ccccc2cc1CN1CCNC(=O)CC1. The van der Waals surface area contributed by atoms with Crippen molar-refractivity contribution in [1.82, 2.24) is 15.2 Å². The van der Waals surface area contributed by atoms with Crippen molar-refractivity contribution in [3.8, 4) is 0 Å². The topological polar surface area (TPSA) is 57.3 Å². The van der Waals surface area contributed by atoms with Crippen LogP contribution in [0, 0.1) is 0 Å². The molecule has 0 atom stereocenters. The molecule has 0 radical (unpaired) electrons. The van der Waals surface area contributed by atoms with Crippen LogP contribution in [0.15, 0.2) is 30.3 Å². The largest absolute Gasteiger partial charge is 0.373 e. The maximum absolute atomic E-state index is 11.4. The van der Waals surface area contributed by atoms with Crippen molar-refractivity contribution in [2.45, 2.75) is 13.0 Å². The van der Waals surface area contributed by atoms with E-state index < -0.39 is 0 Å². The Balaban J connectivity index is 1.86. The van der Waals surface area contributed by atoms with Crippen LogP contribution in [0.5, 0.6) is 0 Å². The van der Waals surface area contributed by atoms with Gasteiger partial charge in [-0.05, 0) is 12.1 Å². The number of para-hydroxylation sites is 1. The standard InChI is InChI=1S/C16H20N4O/c1-17-16-13(10-12-4-2-3-5-14(12)19-16)11-20-8-6-15(21)18-7-9-20/h2-5,10H,6-9,11H2,1H3,(H,17,19)(H,18,21). The van der Waals surface area contributed by atoms with E-state index in [2.05, 4.69) is 32.7 Å². The Morgan fingerprint density at radius 2 is 2.19 bits per heavy atom. The van der Waals surface area contributed by atoms with Gasteiger partial charge in [0.2, 0.25) is 5.91 Å². The van der Waals surface area contributed by atoms with Crippen LogP contribution >= 0.6 is 0 Å². The van der Waals surface area contributed by atoms with Gasteiger partial charge in [-0.1, -0.05) is 18.2 Å². The highest BCUT2D eigenvalue weighted by Gasteiger charge is 2.15. The van der Waals surface area contributed by atoms with Crippen molar-refractivity contribution < 1.29 is 4.79 Å². The van der Waals surface area contributed by atoms with Gasteiger partial charge in [0.05, 0.1) is 5.52 Å². The molecule has 0 bridgehead atoms. The third-order valence-corrected chi connectivity index (χ3v) is 3.84. The van der Waals surface area contributed by atoms with E-state index in [1.54, 1.807) is 0 Å². The van der Waals surface area contributed by atoms with Crippen LogP contribution in [0.4, 0.5) is 5.82 Å². The third kappa shape index (κ3) is 3.13. The van der Waals surface area contributed by atoms with Gasteiger partial charge in [-0.2, -0.15) is 0 Å². The third-order valence-electron chi connectivity index (χ3n) is 3.84. The van der Waals surface area contributed by atoms with E-state index in [0.717, 1.165) is 36.4 Å². The molecule has 5 heteroatoms. The molecule has 0 saturated carbocycles. The fraction of sp³-hybridized carbons (Fsp3) is 0.375. The summed E-state index contributed by atoms with van der Waals surface area (Å²) < 4.78 is 0. The number of aromatic nitrogens is 1. The van der Waals surface area contributed by atoms with Gasteiger partial charge in [-0.25, -0.2) is 4.98 Å². The molecule has 1 aromatic carbocycles. The Bertz CT molecular complexity index is 656. The number of nitrogens with one attached hydrogen (secondary N) is 2. The summed E-state index contributed by atoms with van der Waals surface area (Å²) in [5.74, 6) is 1.06. The zero-order valence-corrected chi connectivity index (χ0v) is 12.2. The second kappa shape index (κ2) is 6.10. The van der Waals surface area contributed by atoms with E-state index in [9.17, 15) is 4.79 Å². The number of hydrogen-bond donors (Lipinski definition) is 2. The second-order valence-corrected chi connectivity index (χ2v) is 5.31. The molecule has 21 heavy (non-hydrogen) atoms. The van der Waals surface area contributed by atoms with Gasteiger partial charge < -0.3 is 10.6 Å². The summed E-state index contributed by atoms with van der Waals surface area (Å²) in [5.41, 5.74) is 2.17. The van der Waals surface area contributed by atoms with E-state index in [-0.39, 0.29) is 5.91 Å². The first-order valence-corrected chi connectivity index (χ1v) is 7.32. The number of nitrogens with zero attached hydrogens (tertiary/aromatic N) is 2. The summed E-state index contributed by atoms with van der Waals surface area (Å²) >= 11 is 0. The van der Waals surface area contributed by atoms with Crippen LogP contribution in [-0.4, -0.2) is 42.5 Å². The second-order valence-electron chi connectivity index (χ2n) is 5.31. The Morgan fingerprint density at radius 3 is 3.05 bits per heavy atom. The summed E-state index contributed by atoms with van der Waals surface area (Å²) in [7, 11) is 1.90. The van der Waals surface area contributed by atoms with E-state index >= 15 is 0 Å². The smallest absolute Gasteiger partial charge is 0.221 e. The van der Waals surface area contributed by atoms with Crippen molar-refractivity contribution in [2.24, 2.45) is 0 Å². The first-order valence-electron chi connectivity index (χ1n) is 7.32. The van der Waals surface area contributed by atoms with Crippen molar-refractivity contribution in [1.29, 1.82) is 0 Å². The summed E-state index contributed by atoms with van der Waals surface area (Å²) in [6, 6.07) is 10.3. The summed E-state index contributed by atoms with van der Waals surface area (Å²) in [4.78, 5) is 18.4. The van der Waals surface area contributed by atoms with Crippen LogP contribution in [0.3, 0.4) is 0 Å². The molecule has 3 rings (SSSR count). The molecule has 1 amide bonds. The molecule has 2 aromatic rings. The van der Waals surface area contributed by atoms with Crippen LogP contribution in [-0.2, 0) is 11.3 Å². The van der Waals surface area contributed by atoms with E-state index in [0.29, 0.717) is 13.0 Å². The molecule has 2 N–H and O–H groups in total. The Kier molecular flexibility index (Phi) is 4.01. The molecular weight excluding hydrogens is 264 g/mol. The van der Waals surface area contributed by atoms with Crippen LogP contribution < -0.4 is 10.6 Å². The Labute approximate surface area is 124 Å². The fourth-order valence-corrected chi connectivity index (χ4v) is 2.71. The number of anilines is 1. The Morgan fingerprint density at radius 1 is 1.33 bits per heavy atom. The zero-order chi connectivity index (χ0) is 14.7. The van der Waals surface area contributed by atoms with Crippen molar-refractivity contribution in [2.75, 3.05) is 32.0 Å². The fourth-order valence-electron chi connectivity index (χ4n) is 2.71. The van der Waals surface area contributed by atoms with Gasteiger partial charge in [0.25, 0.3) is 0 Å². The van der Waals surface area contributed by atoms with Gasteiger partial charge >= 0.3 is 0 Å². The molecular formula is C16H20N4O. The minimum absolute atomic E-state index is 0.142. The lowest BCUT2D eigenvalue weighted by Gasteiger charge is -2.20. The van der Waals surface area contributed by atoms with Crippen LogP contribution in [0.2, 0.25) is 0 Å². The number of pyridine rings is 1. The Hall–Kier alpha value is -2.14.